The highest BCUT2D eigenvalue weighted by atomic mass is 16.3. The van der Waals surface area contributed by atoms with E-state index in [1.54, 1.807) is 0 Å². The van der Waals surface area contributed by atoms with Gasteiger partial charge in [-0.15, -0.1) is 0 Å². The Morgan fingerprint density at radius 1 is 0.302 bits per heavy atom. The van der Waals surface area contributed by atoms with Gasteiger partial charge in [0.25, 0.3) is 0 Å². The molecule has 0 aliphatic heterocycles. The second kappa shape index (κ2) is 14.0. The molecule has 13 rings (SSSR count). The van der Waals surface area contributed by atoms with Crippen molar-refractivity contribution in [1.29, 1.82) is 0 Å². The molecule has 5 nitrogen and oxygen atoms in total. The first-order valence-corrected chi connectivity index (χ1v) is 21.2. The fraction of sp³-hybridized carbons (Fsp3) is 0. The lowest BCUT2D eigenvalue weighted by atomic mass is 9.93. The topological polar surface area (TPSA) is 57.0 Å². The Morgan fingerprint density at radius 3 is 1.37 bits per heavy atom. The molecule has 0 unspecified atom stereocenters. The van der Waals surface area contributed by atoms with Crippen LogP contribution in [0, 0.1) is 0 Å². The largest absolute Gasteiger partial charge is 0.456 e. The van der Waals surface area contributed by atoms with Gasteiger partial charge in [0.05, 0.1) is 28.1 Å². The second-order valence-electron chi connectivity index (χ2n) is 16.1. The van der Waals surface area contributed by atoms with Crippen molar-refractivity contribution < 1.29 is 8.83 Å². The number of benzene rings is 9. The zero-order valence-electron chi connectivity index (χ0n) is 33.9. The lowest BCUT2D eigenvalue weighted by molar-refractivity contribution is 0.668. The minimum atomic E-state index is 0.647. The van der Waals surface area contributed by atoms with Crippen LogP contribution >= 0.6 is 0 Å². The molecule has 0 saturated heterocycles. The molecule has 294 valence electrons. The molecule has 0 atom stereocenters. The normalized spacial score (nSPS) is 11.8. The minimum Gasteiger partial charge on any atom is -0.456 e. The summed E-state index contributed by atoms with van der Waals surface area (Å²) in [4.78, 5) is 10.9. The third-order valence-corrected chi connectivity index (χ3v) is 12.4. The van der Waals surface area contributed by atoms with Crippen LogP contribution in [-0.2, 0) is 0 Å². The number of nitrogens with zero attached hydrogens (tertiary/aromatic N) is 3. The van der Waals surface area contributed by atoms with Crippen LogP contribution in [0.15, 0.2) is 221 Å². The van der Waals surface area contributed by atoms with Crippen molar-refractivity contribution in [3.63, 3.8) is 0 Å². The third-order valence-electron chi connectivity index (χ3n) is 12.4. The number of rotatable bonds is 6. The molecule has 4 heterocycles. The molecule has 0 aliphatic carbocycles. The van der Waals surface area contributed by atoms with Crippen LogP contribution in [0.3, 0.4) is 0 Å². The molecule has 0 saturated carbocycles. The van der Waals surface area contributed by atoms with E-state index in [4.69, 9.17) is 18.8 Å². The van der Waals surface area contributed by atoms with Crippen LogP contribution in [0.5, 0.6) is 0 Å². The van der Waals surface area contributed by atoms with Gasteiger partial charge in [0.2, 0.25) is 0 Å². The molecule has 9 aromatic carbocycles. The van der Waals surface area contributed by atoms with Gasteiger partial charge in [0.15, 0.2) is 5.82 Å². The SMILES string of the molecule is c1ccc(-c2cc(-c3cc(-c4ccc5oc6ccccc6c5c4)cc(-c4ccc5oc6ccccc6c5c4)c3)nc(-c3ccccc3-n3c4ccccc4c4ccccc43)n2)cc1. The van der Waals surface area contributed by atoms with E-state index in [-0.39, 0.29) is 0 Å². The maximum atomic E-state index is 6.26. The Bertz CT molecular complexity index is 3740. The predicted octanol–water partition coefficient (Wildman–Crippen LogP) is 15.7. The summed E-state index contributed by atoms with van der Waals surface area (Å²) in [6.07, 6.45) is 0. The summed E-state index contributed by atoms with van der Waals surface area (Å²) >= 11 is 0. The van der Waals surface area contributed by atoms with Crippen molar-refractivity contribution in [2.45, 2.75) is 0 Å². The molecule has 5 heteroatoms. The highest BCUT2D eigenvalue weighted by Gasteiger charge is 2.20. The van der Waals surface area contributed by atoms with Crippen molar-refractivity contribution in [1.82, 2.24) is 14.5 Å². The van der Waals surface area contributed by atoms with Crippen molar-refractivity contribution in [3.8, 4) is 61.8 Å². The van der Waals surface area contributed by atoms with E-state index < -0.39 is 0 Å². The average Bonchev–Trinajstić information content (AvgIpc) is 4.03. The quantitative estimate of drug-likeness (QED) is 0.168. The van der Waals surface area contributed by atoms with E-state index in [0.29, 0.717) is 5.82 Å². The summed E-state index contributed by atoms with van der Waals surface area (Å²) in [5, 5.41) is 6.76. The van der Waals surface area contributed by atoms with Crippen LogP contribution in [0.4, 0.5) is 0 Å². The number of para-hydroxylation sites is 5. The highest BCUT2D eigenvalue weighted by molar-refractivity contribution is 6.10. The fourth-order valence-corrected chi connectivity index (χ4v) is 9.43. The van der Waals surface area contributed by atoms with Gasteiger partial charge in [-0.3, -0.25) is 0 Å². The predicted molar refractivity (Wildman–Crippen MR) is 258 cm³/mol. The number of furan rings is 2. The van der Waals surface area contributed by atoms with Gasteiger partial charge in [0.1, 0.15) is 22.3 Å². The van der Waals surface area contributed by atoms with Crippen LogP contribution < -0.4 is 0 Å². The Balaban J connectivity index is 1.06. The van der Waals surface area contributed by atoms with Gasteiger partial charge in [-0.25, -0.2) is 9.97 Å². The molecule has 63 heavy (non-hydrogen) atoms. The third kappa shape index (κ3) is 5.78. The molecule has 0 bridgehead atoms. The van der Waals surface area contributed by atoms with Gasteiger partial charge in [-0.05, 0) is 107 Å². The second-order valence-corrected chi connectivity index (χ2v) is 16.1. The highest BCUT2D eigenvalue weighted by Crippen LogP contribution is 2.41. The molecular formula is C58H35N3O2. The molecule has 0 spiro atoms. The number of hydrogen-bond acceptors (Lipinski definition) is 4. The first-order valence-electron chi connectivity index (χ1n) is 21.2. The van der Waals surface area contributed by atoms with Gasteiger partial charge in [0, 0.05) is 49.0 Å². The van der Waals surface area contributed by atoms with Gasteiger partial charge in [-0.2, -0.15) is 0 Å². The molecule has 13 aromatic rings. The van der Waals surface area contributed by atoms with E-state index >= 15 is 0 Å². The molecule has 0 amide bonds. The van der Waals surface area contributed by atoms with Crippen LogP contribution in [-0.4, -0.2) is 14.5 Å². The van der Waals surface area contributed by atoms with E-state index in [1.807, 2.05) is 30.3 Å². The molecular weight excluding hydrogens is 771 g/mol. The zero-order chi connectivity index (χ0) is 41.4. The van der Waals surface area contributed by atoms with Crippen LogP contribution in [0.2, 0.25) is 0 Å². The summed E-state index contributed by atoms with van der Waals surface area (Å²) in [7, 11) is 0. The average molecular weight is 806 g/mol. The van der Waals surface area contributed by atoms with Gasteiger partial charge in [-0.1, -0.05) is 127 Å². The monoisotopic (exact) mass is 805 g/mol. The summed E-state index contributed by atoms with van der Waals surface area (Å²) < 4.78 is 14.9. The molecule has 0 fully saturated rings. The number of hydrogen-bond donors (Lipinski definition) is 0. The van der Waals surface area contributed by atoms with Crippen molar-refractivity contribution in [3.05, 3.63) is 212 Å². The smallest absolute Gasteiger partial charge is 0.162 e. The van der Waals surface area contributed by atoms with Crippen LogP contribution in [0.25, 0.3) is 128 Å². The summed E-state index contributed by atoms with van der Waals surface area (Å²) in [6.45, 7) is 0. The van der Waals surface area contributed by atoms with Crippen molar-refractivity contribution >= 4 is 65.7 Å². The number of fused-ring (bicyclic) bond motifs is 9. The first kappa shape index (κ1) is 35.2. The lowest BCUT2D eigenvalue weighted by Gasteiger charge is -2.16. The van der Waals surface area contributed by atoms with E-state index in [9.17, 15) is 0 Å². The van der Waals surface area contributed by atoms with E-state index in [0.717, 1.165) is 111 Å². The molecule has 0 radical (unpaired) electrons. The maximum Gasteiger partial charge on any atom is 0.162 e. The van der Waals surface area contributed by atoms with Gasteiger partial charge < -0.3 is 13.4 Å². The maximum absolute atomic E-state index is 6.26. The molecule has 0 aliphatic rings. The fourth-order valence-electron chi connectivity index (χ4n) is 9.43. The Labute approximate surface area is 361 Å². The molecule has 4 aromatic heterocycles. The Hall–Kier alpha value is -8.54. The standard InChI is InChI=1S/C58H35N3O2/c1-2-14-36(15-3-1)49-35-50(60-58(59-49)46-20-6-11-23-53(46)61-51-21-9-4-16-42(51)43-17-5-10-22-52(43)61)41-31-39(37-26-28-56-47(33-37)44-18-7-12-24-54(44)62-56)30-40(32-41)38-27-29-57-48(34-38)45-19-8-13-25-55(45)63-57/h1-35H. The van der Waals surface area contributed by atoms with Gasteiger partial charge >= 0.3 is 0 Å². The summed E-state index contributed by atoms with van der Waals surface area (Å²) in [5.74, 6) is 0.647. The summed E-state index contributed by atoms with van der Waals surface area (Å²) in [6, 6.07) is 74.5. The lowest BCUT2D eigenvalue weighted by Crippen LogP contribution is -2.01. The minimum absolute atomic E-state index is 0.647. The Morgan fingerprint density at radius 2 is 0.762 bits per heavy atom. The van der Waals surface area contributed by atoms with Crippen LogP contribution in [0.1, 0.15) is 0 Å². The first-order chi connectivity index (χ1) is 31.2. The summed E-state index contributed by atoms with van der Waals surface area (Å²) in [5.41, 5.74) is 15.7. The van der Waals surface area contributed by atoms with Crippen molar-refractivity contribution in [2.75, 3.05) is 0 Å². The Kier molecular flexibility index (Phi) is 7.84. The van der Waals surface area contributed by atoms with E-state index in [1.165, 1.54) is 10.8 Å². The molecule has 0 N–H and O–H groups in total. The van der Waals surface area contributed by atoms with E-state index in [2.05, 4.69) is 187 Å². The number of aromatic nitrogens is 3. The zero-order valence-corrected chi connectivity index (χ0v) is 33.9. The van der Waals surface area contributed by atoms with Crippen molar-refractivity contribution in [2.24, 2.45) is 0 Å².